The van der Waals surface area contributed by atoms with Gasteiger partial charge in [0.05, 0.1) is 7.11 Å². The lowest BCUT2D eigenvalue weighted by Gasteiger charge is -2.43. The summed E-state index contributed by atoms with van der Waals surface area (Å²) in [7, 11) is 1.14. The van der Waals surface area contributed by atoms with E-state index in [1.54, 1.807) is 18.2 Å². The van der Waals surface area contributed by atoms with Crippen LogP contribution in [0, 0.1) is 0 Å². The van der Waals surface area contributed by atoms with Crippen molar-refractivity contribution in [2.24, 2.45) is 0 Å². The molecule has 2 atom stereocenters. The van der Waals surface area contributed by atoms with Gasteiger partial charge < -0.3 is 14.7 Å². The molecule has 1 aromatic rings. The molecular formula is C14H13NO6. The summed E-state index contributed by atoms with van der Waals surface area (Å²) in [6.07, 6.45) is -0.0597. The van der Waals surface area contributed by atoms with Gasteiger partial charge in [0.1, 0.15) is 12.1 Å². The Labute approximate surface area is 120 Å². The van der Waals surface area contributed by atoms with E-state index in [2.05, 4.69) is 4.74 Å². The lowest BCUT2D eigenvalue weighted by Crippen LogP contribution is -2.66. The second kappa shape index (κ2) is 5.74. The number of ether oxygens (including phenoxy) is 1. The molecule has 2 rings (SSSR count). The molecule has 1 heterocycles. The minimum atomic E-state index is -1.26. The molecule has 0 radical (unpaired) electrons. The van der Waals surface area contributed by atoms with Crippen molar-refractivity contribution in [3.8, 4) is 0 Å². The predicted molar refractivity (Wildman–Crippen MR) is 69.5 cm³/mol. The number of nitrogens with zero attached hydrogens (tertiary/aromatic N) is 1. The third-order valence-electron chi connectivity index (χ3n) is 3.34. The van der Waals surface area contributed by atoms with Gasteiger partial charge in [0.25, 0.3) is 5.91 Å². The van der Waals surface area contributed by atoms with E-state index < -0.39 is 35.7 Å². The Morgan fingerprint density at radius 1 is 1.14 bits per heavy atom. The van der Waals surface area contributed by atoms with Crippen LogP contribution in [0.5, 0.6) is 0 Å². The van der Waals surface area contributed by atoms with E-state index in [0.29, 0.717) is 0 Å². The highest BCUT2D eigenvalue weighted by Gasteiger charge is 2.51. The number of carbonyl (C=O) groups is 4. The van der Waals surface area contributed by atoms with Crippen LogP contribution in [-0.4, -0.2) is 52.8 Å². The van der Waals surface area contributed by atoms with Crippen molar-refractivity contribution in [2.45, 2.75) is 18.5 Å². The van der Waals surface area contributed by atoms with E-state index in [4.69, 9.17) is 5.11 Å². The number of hydrogen-bond acceptors (Lipinski definition) is 5. The monoisotopic (exact) mass is 291 g/mol. The smallest absolute Gasteiger partial charge is 0.328 e. The van der Waals surface area contributed by atoms with Crippen molar-refractivity contribution in [2.75, 3.05) is 7.11 Å². The van der Waals surface area contributed by atoms with Gasteiger partial charge in [-0.25, -0.2) is 9.59 Å². The lowest BCUT2D eigenvalue weighted by atomic mass is 9.91. The van der Waals surface area contributed by atoms with Crippen LogP contribution in [-0.2, 0) is 19.1 Å². The van der Waals surface area contributed by atoms with E-state index >= 15 is 0 Å². The normalized spacial score (nSPS) is 20.3. The number of carboxylic acid groups (broad SMARTS) is 1. The molecule has 1 aliphatic heterocycles. The molecule has 110 valence electrons. The highest BCUT2D eigenvalue weighted by Crippen LogP contribution is 2.28. The molecule has 0 aliphatic carbocycles. The first-order valence-electron chi connectivity index (χ1n) is 6.20. The third kappa shape index (κ3) is 2.62. The molecular weight excluding hydrogens is 278 g/mol. The number of carboxylic acids is 1. The lowest BCUT2D eigenvalue weighted by molar-refractivity contribution is -0.171. The van der Waals surface area contributed by atoms with Crippen LogP contribution in [0.25, 0.3) is 0 Å². The van der Waals surface area contributed by atoms with Gasteiger partial charge in [0, 0.05) is 12.0 Å². The van der Waals surface area contributed by atoms with Crippen LogP contribution >= 0.6 is 0 Å². The number of esters is 1. The predicted octanol–water partition coefficient (Wildman–Crippen LogP) is 0.0964. The van der Waals surface area contributed by atoms with Crippen molar-refractivity contribution in [1.29, 1.82) is 0 Å². The molecule has 0 aromatic heterocycles. The third-order valence-corrected chi connectivity index (χ3v) is 3.34. The Morgan fingerprint density at radius 3 is 2.29 bits per heavy atom. The molecule has 0 bridgehead atoms. The van der Waals surface area contributed by atoms with Crippen LogP contribution in [0.4, 0.5) is 0 Å². The summed E-state index contributed by atoms with van der Waals surface area (Å²) in [5, 5.41) is 9.02. The van der Waals surface area contributed by atoms with Gasteiger partial charge in [-0.2, -0.15) is 0 Å². The van der Waals surface area contributed by atoms with Crippen molar-refractivity contribution in [3.05, 3.63) is 35.9 Å². The van der Waals surface area contributed by atoms with Crippen molar-refractivity contribution in [1.82, 2.24) is 4.90 Å². The van der Waals surface area contributed by atoms with Crippen LogP contribution in [0.2, 0.25) is 0 Å². The number of ketones is 1. The summed E-state index contributed by atoms with van der Waals surface area (Å²) in [5.74, 6) is -3.86. The minimum Gasteiger partial charge on any atom is -0.480 e. The molecule has 0 unspecified atom stereocenters. The van der Waals surface area contributed by atoms with Gasteiger partial charge in [-0.3, -0.25) is 9.59 Å². The Morgan fingerprint density at radius 2 is 1.76 bits per heavy atom. The van der Waals surface area contributed by atoms with Crippen molar-refractivity contribution < 1.29 is 29.0 Å². The maximum atomic E-state index is 12.2. The summed E-state index contributed by atoms with van der Waals surface area (Å²) < 4.78 is 4.51. The second-order valence-corrected chi connectivity index (χ2v) is 4.54. The Bertz CT molecular complexity index is 597. The largest absolute Gasteiger partial charge is 0.480 e. The number of benzene rings is 1. The van der Waals surface area contributed by atoms with E-state index in [0.717, 1.165) is 12.0 Å². The number of amides is 1. The fourth-order valence-corrected chi connectivity index (χ4v) is 2.20. The SMILES string of the molecule is COC(=O)[C@@H]1C[C@@H](C(=O)O)N1C(=O)C(=O)c1ccccc1. The first kappa shape index (κ1) is 14.7. The summed E-state index contributed by atoms with van der Waals surface area (Å²) >= 11 is 0. The molecule has 7 heteroatoms. The Hall–Kier alpha value is -2.70. The van der Waals surface area contributed by atoms with E-state index in [-0.39, 0.29) is 12.0 Å². The average molecular weight is 291 g/mol. The van der Waals surface area contributed by atoms with Gasteiger partial charge in [-0.15, -0.1) is 0 Å². The summed E-state index contributed by atoms with van der Waals surface area (Å²) in [6, 6.07) is 5.53. The zero-order valence-corrected chi connectivity index (χ0v) is 11.2. The van der Waals surface area contributed by atoms with Gasteiger partial charge in [-0.1, -0.05) is 30.3 Å². The van der Waals surface area contributed by atoms with E-state index in [9.17, 15) is 19.2 Å². The van der Waals surface area contributed by atoms with Crippen molar-refractivity contribution in [3.63, 3.8) is 0 Å². The number of hydrogen-bond donors (Lipinski definition) is 1. The number of methoxy groups -OCH3 is 1. The van der Waals surface area contributed by atoms with E-state index in [1.807, 2.05) is 0 Å². The zero-order valence-electron chi connectivity index (χ0n) is 11.2. The van der Waals surface area contributed by atoms with Gasteiger partial charge in [0.2, 0.25) is 5.78 Å². The standard InChI is InChI=1S/C14H13NO6/c1-21-14(20)10-7-9(13(18)19)15(10)12(17)11(16)8-5-3-2-4-6-8/h2-6,9-10H,7H2,1H3,(H,18,19)/t9-,10-/m0/s1. The highest BCUT2D eigenvalue weighted by atomic mass is 16.5. The molecule has 1 amide bonds. The topological polar surface area (TPSA) is 101 Å². The Balaban J connectivity index is 2.23. The quantitative estimate of drug-likeness (QED) is 0.479. The fraction of sp³-hybridized carbons (Fsp3) is 0.286. The number of aliphatic carboxylic acids is 1. The summed E-state index contributed by atoms with van der Waals surface area (Å²) in [4.78, 5) is 47.6. The molecule has 1 N–H and O–H groups in total. The second-order valence-electron chi connectivity index (χ2n) is 4.54. The molecule has 7 nitrogen and oxygen atoms in total. The number of carbonyl (C=O) groups excluding carboxylic acids is 3. The number of Topliss-reactive ketones (excluding diaryl/α,β-unsaturated/α-hetero) is 1. The molecule has 0 spiro atoms. The molecule has 0 saturated carbocycles. The van der Waals surface area contributed by atoms with Gasteiger partial charge in [0.15, 0.2) is 0 Å². The zero-order chi connectivity index (χ0) is 15.6. The minimum absolute atomic E-state index is 0.0597. The van der Waals surface area contributed by atoms with Crippen LogP contribution in [0.1, 0.15) is 16.8 Å². The number of rotatable bonds is 4. The van der Waals surface area contributed by atoms with Crippen LogP contribution in [0.15, 0.2) is 30.3 Å². The van der Waals surface area contributed by atoms with Crippen LogP contribution < -0.4 is 0 Å². The summed E-state index contributed by atoms with van der Waals surface area (Å²) in [5.41, 5.74) is 0.141. The number of likely N-dealkylation sites (tertiary alicyclic amines) is 1. The maximum absolute atomic E-state index is 12.2. The molecule has 1 saturated heterocycles. The van der Waals surface area contributed by atoms with Crippen LogP contribution in [0.3, 0.4) is 0 Å². The van der Waals surface area contributed by atoms with Gasteiger partial charge in [-0.05, 0) is 0 Å². The summed E-state index contributed by atoms with van der Waals surface area (Å²) in [6.45, 7) is 0. The van der Waals surface area contributed by atoms with Gasteiger partial charge >= 0.3 is 11.9 Å². The molecule has 1 aromatic carbocycles. The molecule has 1 aliphatic rings. The Kier molecular flexibility index (Phi) is 4.02. The maximum Gasteiger partial charge on any atom is 0.328 e. The molecule has 21 heavy (non-hydrogen) atoms. The first-order chi connectivity index (χ1) is 9.97. The van der Waals surface area contributed by atoms with Crippen molar-refractivity contribution >= 4 is 23.6 Å². The van der Waals surface area contributed by atoms with E-state index in [1.165, 1.54) is 12.1 Å². The first-order valence-corrected chi connectivity index (χ1v) is 6.20. The average Bonchev–Trinajstić information content (AvgIpc) is 2.45. The fourth-order valence-electron chi connectivity index (χ4n) is 2.20. The molecule has 1 fully saturated rings. The highest BCUT2D eigenvalue weighted by molar-refractivity contribution is 6.43.